The molecule has 0 spiro atoms. The van der Waals surface area contributed by atoms with Gasteiger partial charge in [-0.05, 0) is 29.1 Å². The Labute approximate surface area is 178 Å². The van der Waals surface area contributed by atoms with Crippen LogP contribution in [0.1, 0.15) is 11.7 Å². The van der Waals surface area contributed by atoms with E-state index in [1.165, 1.54) is 4.90 Å². The van der Waals surface area contributed by atoms with Crippen LogP contribution in [-0.4, -0.2) is 55.1 Å². The van der Waals surface area contributed by atoms with Crippen molar-refractivity contribution < 1.29 is 19.4 Å². The fraction of sp³-hybridized carbons (Fsp3) is 0.304. The van der Waals surface area contributed by atoms with E-state index in [0.717, 1.165) is 35.3 Å². The van der Waals surface area contributed by atoms with Gasteiger partial charge in [-0.3, -0.25) is 9.69 Å². The Morgan fingerprint density at radius 3 is 2.77 bits per heavy atom. The molecular weight excluding hydrogens is 398 g/mol. The summed E-state index contributed by atoms with van der Waals surface area (Å²) in [6.07, 6.45) is -1.16. The van der Waals surface area contributed by atoms with E-state index in [2.05, 4.69) is 10.3 Å². The van der Waals surface area contributed by atoms with Crippen LogP contribution in [0.25, 0.3) is 22.0 Å². The minimum Gasteiger partial charge on any atom is -0.441 e. The summed E-state index contributed by atoms with van der Waals surface area (Å²) in [5.41, 5.74) is 2.99. The number of amides is 1. The number of aromatic nitrogens is 1. The van der Waals surface area contributed by atoms with Gasteiger partial charge in [0.25, 0.3) is 5.56 Å². The standard InChI is InChI=1S/C23H23N3O5/c27-13-16-12-26(23(29)31-16)15-6-5-14-9-20(25-22(28)19(14)10-15)17-3-1-2-4-18(17)21-11-24-7-8-30-21/h1-6,9-10,16,21,24,27H,7-8,11-13H2,(H,25,28)/t16-,21?/m0/s1. The van der Waals surface area contributed by atoms with Crippen molar-refractivity contribution in [3.63, 3.8) is 0 Å². The average molecular weight is 421 g/mol. The van der Waals surface area contributed by atoms with Gasteiger partial charge in [-0.1, -0.05) is 30.3 Å². The molecule has 3 N–H and O–H groups in total. The van der Waals surface area contributed by atoms with Crippen LogP contribution in [0.4, 0.5) is 10.5 Å². The second-order valence-electron chi connectivity index (χ2n) is 7.73. The predicted molar refractivity (Wildman–Crippen MR) is 116 cm³/mol. The number of aliphatic hydroxyl groups excluding tert-OH is 1. The summed E-state index contributed by atoms with van der Waals surface area (Å²) in [6.45, 7) is 2.21. The van der Waals surface area contributed by atoms with Crippen molar-refractivity contribution in [2.24, 2.45) is 0 Å². The lowest BCUT2D eigenvalue weighted by atomic mass is 9.97. The smallest absolute Gasteiger partial charge is 0.414 e. The van der Waals surface area contributed by atoms with Crippen LogP contribution in [-0.2, 0) is 9.47 Å². The van der Waals surface area contributed by atoms with E-state index in [9.17, 15) is 14.7 Å². The van der Waals surface area contributed by atoms with Gasteiger partial charge < -0.3 is 24.9 Å². The summed E-state index contributed by atoms with van der Waals surface area (Å²) in [4.78, 5) is 29.5. The van der Waals surface area contributed by atoms with E-state index < -0.39 is 12.2 Å². The number of carbonyl (C=O) groups is 1. The fourth-order valence-corrected chi connectivity index (χ4v) is 4.18. The predicted octanol–water partition coefficient (Wildman–Crippen LogP) is 2.17. The lowest BCUT2D eigenvalue weighted by Gasteiger charge is -2.26. The number of H-pyrrole nitrogens is 1. The molecule has 0 aliphatic carbocycles. The van der Waals surface area contributed by atoms with Crippen LogP contribution in [0.5, 0.6) is 0 Å². The number of fused-ring (bicyclic) bond motifs is 1. The molecular formula is C23H23N3O5. The van der Waals surface area contributed by atoms with Crippen LogP contribution in [0.15, 0.2) is 53.3 Å². The van der Waals surface area contributed by atoms with Gasteiger partial charge in [0, 0.05) is 35.4 Å². The number of cyclic esters (lactones) is 1. The Morgan fingerprint density at radius 2 is 2.00 bits per heavy atom. The zero-order chi connectivity index (χ0) is 21.4. The fourth-order valence-electron chi connectivity index (χ4n) is 4.18. The number of nitrogens with zero attached hydrogens (tertiary/aromatic N) is 1. The molecule has 1 aromatic heterocycles. The molecule has 3 heterocycles. The van der Waals surface area contributed by atoms with Crippen molar-refractivity contribution >= 4 is 22.6 Å². The van der Waals surface area contributed by atoms with Crippen LogP contribution in [0, 0.1) is 0 Å². The van der Waals surface area contributed by atoms with E-state index in [0.29, 0.717) is 17.7 Å². The van der Waals surface area contributed by atoms with Crippen molar-refractivity contribution in [2.75, 3.05) is 37.7 Å². The van der Waals surface area contributed by atoms with Gasteiger partial charge in [0.05, 0.1) is 25.9 Å². The highest BCUT2D eigenvalue weighted by atomic mass is 16.6. The van der Waals surface area contributed by atoms with Crippen LogP contribution in [0.2, 0.25) is 0 Å². The first kappa shape index (κ1) is 19.7. The molecule has 5 rings (SSSR count). The van der Waals surface area contributed by atoms with Gasteiger partial charge in [-0.2, -0.15) is 0 Å². The third-order valence-electron chi connectivity index (χ3n) is 5.74. The Balaban J connectivity index is 1.53. The number of hydrogen-bond acceptors (Lipinski definition) is 6. The summed E-state index contributed by atoms with van der Waals surface area (Å²) in [7, 11) is 0. The molecule has 2 aliphatic heterocycles. The number of hydrogen-bond donors (Lipinski definition) is 3. The number of rotatable bonds is 4. The molecule has 2 atom stereocenters. The van der Waals surface area contributed by atoms with E-state index in [1.807, 2.05) is 36.4 Å². The Hall–Kier alpha value is -3.20. The highest BCUT2D eigenvalue weighted by Gasteiger charge is 2.32. The lowest BCUT2D eigenvalue weighted by Crippen LogP contribution is -2.33. The molecule has 0 radical (unpaired) electrons. The monoisotopic (exact) mass is 421 g/mol. The maximum Gasteiger partial charge on any atom is 0.414 e. The Kier molecular flexibility index (Phi) is 5.19. The van der Waals surface area contributed by atoms with Crippen molar-refractivity contribution in [1.29, 1.82) is 0 Å². The number of ether oxygens (including phenoxy) is 2. The molecule has 0 saturated carbocycles. The van der Waals surface area contributed by atoms with E-state index in [1.54, 1.807) is 12.1 Å². The van der Waals surface area contributed by atoms with Gasteiger partial charge in [0.1, 0.15) is 6.10 Å². The third-order valence-corrected chi connectivity index (χ3v) is 5.74. The number of aromatic amines is 1. The zero-order valence-corrected chi connectivity index (χ0v) is 16.8. The normalized spacial score (nSPS) is 21.5. The minimum atomic E-state index is -0.558. The summed E-state index contributed by atoms with van der Waals surface area (Å²) in [6, 6.07) is 15.1. The molecule has 8 nitrogen and oxygen atoms in total. The molecule has 2 aromatic carbocycles. The SMILES string of the molecule is O=C1O[C@H](CO)CN1c1ccc2cc(-c3ccccc3C3CNCCO3)[nH]c(=O)c2c1. The Bertz CT molecular complexity index is 1190. The maximum atomic E-state index is 13.0. The molecule has 2 aliphatic rings. The van der Waals surface area contributed by atoms with Crippen molar-refractivity contribution in [3.8, 4) is 11.3 Å². The summed E-state index contributed by atoms with van der Waals surface area (Å²) in [5, 5.41) is 13.8. The first-order valence-corrected chi connectivity index (χ1v) is 10.3. The lowest BCUT2D eigenvalue weighted by molar-refractivity contribution is 0.0280. The molecule has 0 bridgehead atoms. The van der Waals surface area contributed by atoms with Gasteiger partial charge in [0.15, 0.2) is 0 Å². The topological polar surface area (TPSA) is 104 Å². The van der Waals surface area contributed by atoms with Gasteiger partial charge in [-0.25, -0.2) is 4.79 Å². The van der Waals surface area contributed by atoms with Crippen molar-refractivity contribution in [2.45, 2.75) is 12.2 Å². The van der Waals surface area contributed by atoms with Crippen molar-refractivity contribution in [3.05, 3.63) is 64.4 Å². The average Bonchev–Trinajstić information content (AvgIpc) is 3.20. The number of morpholine rings is 1. The second kappa shape index (κ2) is 8.14. The maximum absolute atomic E-state index is 13.0. The molecule has 31 heavy (non-hydrogen) atoms. The Morgan fingerprint density at radius 1 is 1.13 bits per heavy atom. The molecule has 8 heteroatoms. The molecule has 1 amide bonds. The van der Waals surface area contributed by atoms with Gasteiger partial charge in [-0.15, -0.1) is 0 Å². The number of anilines is 1. The van der Waals surface area contributed by atoms with E-state index in [4.69, 9.17) is 9.47 Å². The first-order chi connectivity index (χ1) is 15.1. The quantitative estimate of drug-likeness (QED) is 0.597. The van der Waals surface area contributed by atoms with Crippen molar-refractivity contribution in [1.82, 2.24) is 10.3 Å². The number of aliphatic hydroxyl groups is 1. The highest BCUT2D eigenvalue weighted by Crippen LogP contribution is 2.31. The number of pyridine rings is 1. The summed E-state index contributed by atoms with van der Waals surface area (Å²) < 4.78 is 11.0. The molecule has 2 fully saturated rings. The van der Waals surface area contributed by atoms with E-state index >= 15 is 0 Å². The number of benzene rings is 2. The van der Waals surface area contributed by atoms with E-state index in [-0.39, 0.29) is 24.8 Å². The largest absolute Gasteiger partial charge is 0.441 e. The molecule has 3 aromatic rings. The first-order valence-electron chi connectivity index (χ1n) is 10.3. The van der Waals surface area contributed by atoms with Crippen LogP contribution < -0.4 is 15.8 Å². The summed E-state index contributed by atoms with van der Waals surface area (Å²) >= 11 is 0. The number of nitrogens with one attached hydrogen (secondary N) is 2. The highest BCUT2D eigenvalue weighted by molar-refractivity contribution is 5.94. The summed E-state index contributed by atoms with van der Waals surface area (Å²) in [5.74, 6) is 0. The molecule has 160 valence electrons. The molecule has 2 saturated heterocycles. The third kappa shape index (κ3) is 3.69. The molecule has 1 unspecified atom stereocenters. The second-order valence-corrected chi connectivity index (χ2v) is 7.73. The van der Waals surface area contributed by atoms with Gasteiger partial charge >= 0.3 is 6.09 Å². The minimum absolute atomic E-state index is 0.0767. The van der Waals surface area contributed by atoms with Crippen LogP contribution >= 0.6 is 0 Å². The number of carbonyl (C=O) groups excluding carboxylic acids is 1. The van der Waals surface area contributed by atoms with Crippen LogP contribution in [0.3, 0.4) is 0 Å². The van der Waals surface area contributed by atoms with Gasteiger partial charge in [0.2, 0.25) is 0 Å². The zero-order valence-electron chi connectivity index (χ0n) is 16.8.